The number of amidine groups is 1. The second-order valence-electron chi connectivity index (χ2n) is 7.40. The van der Waals surface area contributed by atoms with E-state index in [-0.39, 0.29) is 23.0 Å². The molecule has 0 saturated carbocycles. The zero-order chi connectivity index (χ0) is 23.1. The molecule has 12 heteroatoms. The summed E-state index contributed by atoms with van der Waals surface area (Å²) in [5.41, 5.74) is 4.94. The number of nitrogens with zero attached hydrogens (tertiary/aromatic N) is 2. The first-order valence-electron chi connectivity index (χ1n) is 9.43. The van der Waals surface area contributed by atoms with Crippen molar-refractivity contribution < 1.29 is 31.8 Å². The van der Waals surface area contributed by atoms with Crippen molar-refractivity contribution in [2.24, 2.45) is 16.6 Å². The maximum atomic E-state index is 14.9. The fourth-order valence-electron chi connectivity index (χ4n) is 3.86. The number of nitrogens with two attached hydrogens (primary N) is 1. The molecule has 1 fully saturated rings. The Hall–Kier alpha value is -2.48. The molecule has 32 heavy (non-hydrogen) atoms. The number of pyridine rings is 1. The average molecular weight is 564 g/mol. The summed E-state index contributed by atoms with van der Waals surface area (Å²) < 4.78 is 66.1. The summed E-state index contributed by atoms with van der Waals surface area (Å²) in [7, 11) is 0. The van der Waals surface area contributed by atoms with Gasteiger partial charge in [-0.3, -0.25) is 9.78 Å². The first kappa shape index (κ1) is 22.7. The molecule has 0 radical (unpaired) electrons. The van der Waals surface area contributed by atoms with E-state index >= 15 is 0 Å². The van der Waals surface area contributed by atoms with Gasteiger partial charge in [0.15, 0.2) is 6.10 Å². The first-order valence-corrected chi connectivity index (χ1v) is 11.0. The molecule has 2 aromatic rings. The largest absolute Gasteiger partial charge is 0.465 e. The lowest BCUT2D eigenvalue weighted by Gasteiger charge is -2.36. The molecular weight excluding hydrogens is 547 g/mol. The van der Waals surface area contributed by atoms with E-state index in [1.165, 1.54) is 12.1 Å². The van der Waals surface area contributed by atoms with Crippen LogP contribution in [0.2, 0.25) is 0 Å². The van der Waals surface area contributed by atoms with Crippen LogP contribution in [-0.2, 0) is 19.4 Å². The Bertz CT molecular complexity index is 1060. The topological polar surface area (TPSA) is 98.8 Å². The Morgan fingerprint density at radius 3 is 2.75 bits per heavy atom. The van der Waals surface area contributed by atoms with Crippen LogP contribution in [0.3, 0.4) is 0 Å². The Balaban J connectivity index is 1.68. The van der Waals surface area contributed by atoms with Crippen LogP contribution in [0.15, 0.2) is 41.5 Å². The number of aliphatic imine (C=N–C) groups is 1. The van der Waals surface area contributed by atoms with Crippen LogP contribution in [0.1, 0.15) is 21.6 Å². The quantitative estimate of drug-likeness (QED) is 0.337. The second-order valence-corrected chi connectivity index (χ2v) is 8.16. The number of rotatable bonds is 4. The van der Waals surface area contributed by atoms with Gasteiger partial charge in [0.2, 0.25) is 0 Å². The molecule has 1 aromatic heterocycles. The summed E-state index contributed by atoms with van der Waals surface area (Å²) in [4.78, 5) is 20.7. The van der Waals surface area contributed by atoms with E-state index in [4.69, 9.17) is 15.2 Å². The number of anilines is 1. The van der Waals surface area contributed by atoms with Crippen LogP contribution in [0.25, 0.3) is 0 Å². The van der Waals surface area contributed by atoms with E-state index in [2.05, 4.69) is 37.9 Å². The zero-order valence-corrected chi connectivity index (χ0v) is 18.5. The third-order valence-corrected chi connectivity index (χ3v) is 6.29. The number of hydrogen-bond acceptors (Lipinski definition) is 6. The Kier molecular flexibility index (Phi) is 6.00. The maximum absolute atomic E-state index is 14.9. The molecule has 170 valence electrons. The first-order chi connectivity index (χ1) is 15.1. The van der Waals surface area contributed by atoms with Crippen LogP contribution >= 0.6 is 22.6 Å². The van der Waals surface area contributed by atoms with Crippen LogP contribution < -0.4 is 11.1 Å². The lowest BCUT2D eigenvalue weighted by atomic mass is 9.77. The molecule has 1 aromatic carbocycles. The van der Waals surface area contributed by atoms with E-state index in [0.29, 0.717) is 0 Å². The molecule has 2 unspecified atom stereocenters. The summed E-state index contributed by atoms with van der Waals surface area (Å²) in [6.07, 6.45) is -5.33. The van der Waals surface area contributed by atoms with Crippen molar-refractivity contribution in [3.05, 3.63) is 59.2 Å². The van der Waals surface area contributed by atoms with Crippen LogP contribution in [0.4, 0.5) is 23.2 Å². The summed E-state index contributed by atoms with van der Waals surface area (Å²) in [6.45, 7) is -0.984. The number of amides is 1. The maximum Gasteiger partial charge on any atom is 0.415 e. The van der Waals surface area contributed by atoms with Crippen LogP contribution in [-0.4, -0.2) is 42.4 Å². The molecule has 0 bridgehead atoms. The van der Waals surface area contributed by atoms with E-state index in [9.17, 15) is 22.4 Å². The van der Waals surface area contributed by atoms with E-state index in [1.807, 2.05) is 0 Å². The lowest BCUT2D eigenvalue weighted by Crippen LogP contribution is -2.48. The second kappa shape index (κ2) is 8.46. The predicted molar refractivity (Wildman–Crippen MR) is 115 cm³/mol. The fraction of sp³-hybridized carbons (Fsp3) is 0.350. The van der Waals surface area contributed by atoms with Gasteiger partial charge >= 0.3 is 6.18 Å². The summed E-state index contributed by atoms with van der Waals surface area (Å²) >= 11 is 2.16. The number of fused-ring (bicyclic) bond motifs is 1. The number of benzene rings is 1. The van der Waals surface area contributed by atoms with Gasteiger partial charge in [-0.15, -0.1) is 0 Å². The Morgan fingerprint density at radius 2 is 2.09 bits per heavy atom. The monoisotopic (exact) mass is 564 g/mol. The number of alkyl halides is 4. The van der Waals surface area contributed by atoms with Gasteiger partial charge in [0, 0.05) is 21.9 Å². The number of nitrogens with one attached hydrogen (secondary N) is 1. The average Bonchev–Trinajstić information content (AvgIpc) is 3.15. The van der Waals surface area contributed by atoms with Gasteiger partial charge in [-0.25, -0.2) is 9.38 Å². The number of hydrogen-bond donors (Lipinski definition) is 2. The van der Waals surface area contributed by atoms with Crippen molar-refractivity contribution in [3.63, 3.8) is 0 Å². The molecule has 1 amide bonds. The standard InChI is InChI=1S/C20H17F4IN4O3/c21-14-3-2-11(28-17(30)15-4-1-10(6-25)7-27-15)5-12(14)19-9-32-16(20(22,23)24)13(19)8-31-18(26)29-19/h1-5,7,13,16H,6,8-9H2,(H2,26,29)(H,28,30)/t13?,16-,19?/m0/s1. The lowest BCUT2D eigenvalue weighted by molar-refractivity contribution is -0.219. The van der Waals surface area contributed by atoms with E-state index in [1.54, 1.807) is 18.3 Å². The number of aromatic nitrogens is 1. The minimum atomic E-state index is -4.70. The fourth-order valence-corrected chi connectivity index (χ4v) is 4.31. The summed E-state index contributed by atoms with van der Waals surface area (Å²) in [5, 5.41) is 2.59. The Morgan fingerprint density at radius 1 is 1.31 bits per heavy atom. The minimum absolute atomic E-state index is 0.134. The van der Waals surface area contributed by atoms with Gasteiger partial charge in [0.05, 0.1) is 19.1 Å². The van der Waals surface area contributed by atoms with E-state index in [0.717, 1.165) is 16.1 Å². The molecule has 3 atom stereocenters. The minimum Gasteiger partial charge on any atom is -0.465 e. The van der Waals surface area contributed by atoms with Crippen LogP contribution in [0.5, 0.6) is 0 Å². The number of carbonyl (C=O) groups excluding carboxylic acids is 1. The SMILES string of the molecule is NC1=NC2(c3cc(NC(=O)c4ccc(CI)cn4)ccc3F)CO[C@H](C(F)(F)F)C2CO1. The third-order valence-electron chi connectivity index (χ3n) is 5.41. The summed E-state index contributed by atoms with van der Waals surface area (Å²) in [6, 6.07) is 6.52. The molecular formula is C20H17F4IN4O3. The van der Waals surface area contributed by atoms with Gasteiger partial charge in [0.25, 0.3) is 11.9 Å². The molecule has 1 saturated heterocycles. The Labute approximate surface area is 193 Å². The zero-order valence-electron chi connectivity index (χ0n) is 16.3. The molecule has 2 aliphatic rings. The number of ether oxygens (including phenoxy) is 2. The molecule has 0 spiro atoms. The molecule has 4 rings (SSSR count). The molecule has 2 aliphatic heterocycles. The van der Waals surface area contributed by atoms with Gasteiger partial charge in [0.1, 0.15) is 17.1 Å². The normalized spacial score (nSPS) is 25.0. The molecule has 7 nitrogen and oxygen atoms in total. The van der Waals surface area contributed by atoms with E-state index < -0.39 is 48.7 Å². The molecule has 3 N–H and O–H groups in total. The van der Waals surface area contributed by atoms with Crippen molar-refractivity contribution in [2.75, 3.05) is 18.5 Å². The highest BCUT2D eigenvalue weighted by molar-refractivity contribution is 14.1. The van der Waals surface area contributed by atoms with Crippen LogP contribution in [0, 0.1) is 11.7 Å². The third kappa shape index (κ3) is 4.12. The van der Waals surface area contributed by atoms with Crippen molar-refractivity contribution >= 4 is 40.2 Å². The highest BCUT2D eigenvalue weighted by Crippen LogP contribution is 2.50. The van der Waals surface area contributed by atoms with Crippen molar-refractivity contribution in [2.45, 2.75) is 22.2 Å². The van der Waals surface area contributed by atoms with Crippen molar-refractivity contribution in [1.29, 1.82) is 0 Å². The van der Waals surface area contributed by atoms with Gasteiger partial charge in [-0.1, -0.05) is 28.7 Å². The molecule has 0 aliphatic carbocycles. The predicted octanol–water partition coefficient (Wildman–Crippen LogP) is 3.53. The smallest absolute Gasteiger partial charge is 0.415 e. The number of carbonyl (C=O) groups is 1. The van der Waals surface area contributed by atoms with Gasteiger partial charge < -0.3 is 20.5 Å². The molecule has 3 heterocycles. The highest BCUT2D eigenvalue weighted by Gasteiger charge is 2.62. The number of halogens is 5. The highest BCUT2D eigenvalue weighted by atomic mass is 127. The van der Waals surface area contributed by atoms with Gasteiger partial charge in [-0.05, 0) is 29.8 Å². The van der Waals surface area contributed by atoms with Crippen molar-refractivity contribution in [3.8, 4) is 0 Å². The summed E-state index contributed by atoms with van der Waals surface area (Å²) in [5.74, 6) is -2.71. The van der Waals surface area contributed by atoms with Gasteiger partial charge in [-0.2, -0.15) is 13.2 Å². The van der Waals surface area contributed by atoms with Crippen molar-refractivity contribution in [1.82, 2.24) is 4.98 Å².